The van der Waals surface area contributed by atoms with E-state index < -0.39 is 12.1 Å². The second-order valence-electron chi connectivity index (χ2n) is 7.47. The minimum Gasteiger partial charge on any atom is -0.489 e. The molecule has 2 N–H and O–H groups in total. The minimum atomic E-state index is -0.858. The Balaban J connectivity index is 1.26. The van der Waals surface area contributed by atoms with Crippen LogP contribution in [0, 0.1) is 11.8 Å². The topological polar surface area (TPSA) is 114 Å². The zero-order valence-electron chi connectivity index (χ0n) is 18.1. The summed E-state index contributed by atoms with van der Waals surface area (Å²) in [7, 11) is 1.62. The van der Waals surface area contributed by atoms with E-state index in [1.807, 2.05) is 18.2 Å². The first-order chi connectivity index (χ1) is 16.6. The van der Waals surface area contributed by atoms with Gasteiger partial charge < -0.3 is 20.3 Å². The monoisotopic (exact) mass is 453 g/mol. The van der Waals surface area contributed by atoms with Crippen molar-refractivity contribution in [1.82, 2.24) is 24.9 Å². The summed E-state index contributed by atoms with van der Waals surface area (Å²) in [4.78, 5) is 35.1. The summed E-state index contributed by atoms with van der Waals surface area (Å²) in [6, 6.07) is 11.0. The number of carbonyl (C=O) groups excluding carboxylic acids is 2. The fourth-order valence-electron chi connectivity index (χ4n) is 3.50. The number of imidazole rings is 1. The number of hydrogen-bond donors (Lipinski definition) is 2. The number of aromatic nitrogens is 4. The van der Waals surface area contributed by atoms with E-state index in [2.05, 4.69) is 37.5 Å². The van der Waals surface area contributed by atoms with E-state index in [1.54, 1.807) is 60.6 Å². The lowest BCUT2D eigenvalue weighted by molar-refractivity contribution is -0.120. The van der Waals surface area contributed by atoms with Crippen LogP contribution in [-0.2, 0) is 4.79 Å². The Labute approximate surface area is 194 Å². The smallest absolute Gasteiger partial charge is 0.320 e. The first kappa shape index (κ1) is 21.0. The van der Waals surface area contributed by atoms with Gasteiger partial charge in [-0.15, -0.1) is 0 Å². The maximum atomic E-state index is 12.8. The van der Waals surface area contributed by atoms with Crippen LogP contribution in [0.5, 0.6) is 5.75 Å². The van der Waals surface area contributed by atoms with Gasteiger partial charge in [-0.3, -0.25) is 9.78 Å². The van der Waals surface area contributed by atoms with Crippen LogP contribution in [-0.4, -0.2) is 51.2 Å². The van der Waals surface area contributed by atoms with Crippen molar-refractivity contribution in [3.8, 4) is 17.6 Å². The molecular formula is C24H19N7O3. The predicted octanol–water partition coefficient (Wildman–Crippen LogP) is 2.07. The van der Waals surface area contributed by atoms with Gasteiger partial charge in [0.15, 0.2) is 5.65 Å². The van der Waals surface area contributed by atoms with E-state index in [0.29, 0.717) is 34.0 Å². The number of anilines is 2. The summed E-state index contributed by atoms with van der Waals surface area (Å²) < 4.78 is 7.35. The van der Waals surface area contributed by atoms with E-state index in [9.17, 15) is 9.59 Å². The molecule has 3 aromatic heterocycles. The predicted molar refractivity (Wildman–Crippen MR) is 124 cm³/mol. The lowest BCUT2D eigenvalue weighted by Gasteiger charge is -2.20. The molecule has 10 nitrogen and oxygen atoms in total. The Kier molecular flexibility index (Phi) is 5.50. The van der Waals surface area contributed by atoms with Gasteiger partial charge in [-0.05, 0) is 36.3 Å². The van der Waals surface area contributed by atoms with Gasteiger partial charge in [-0.1, -0.05) is 12.0 Å². The maximum Gasteiger partial charge on any atom is 0.320 e. The van der Waals surface area contributed by atoms with Gasteiger partial charge in [0.05, 0.1) is 12.4 Å². The van der Waals surface area contributed by atoms with Crippen LogP contribution in [0.3, 0.4) is 0 Å². The van der Waals surface area contributed by atoms with E-state index in [-0.39, 0.29) is 12.5 Å². The Morgan fingerprint density at radius 3 is 2.97 bits per heavy atom. The lowest BCUT2D eigenvalue weighted by atomic mass is 10.2. The molecule has 1 aliphatic heterocycles. The van der Waals surface area contributed by atoms with Gasteiger partial charge in [0.25, 0.3) is 5.91 Å². The first-order valence-electron chi connectivity index (χ1n) is 10.4. The van der Waals surface area contributed by atoms with E-state index in [1.165, 1.54) is 4.90 Å². The number of fused-ring (bicyclic) bond motifs is 2. The zero-order valence-corrected chi connectivity index (χ0v) is 18.1. The number of hydrogen-bond acceptors (Lipinski definition) is 6. The number of nitrogens with zero attached hydrogens (tertiary/aromatic N) is 5. The number of pyridine rings is 1. The molecule has 4 heterocycles. The number of urea groups is 1. The Morgan fingerprint density at radius 2 is 2.06 bits per heavy atom. The van der Waals surface area contributed by atoms with Gasteiger partial charge in [0.1, 0.15) is 29.8 Å². The standard InChI is InChI=1S/C24H19N7O3/c1-30-20-14-25-11-9-21(20)34-15-19(23(30)32)29-24(33)28-17-5-2-4-16(12-17)7-8-18-13-26-22-6-3-10-27-31(18)22/h2-6,9-14,19H,15H2,1H3,(H2,28,29,33)/t19-/m0/s1. The van der Waals surface area contributed by atoms with Crippen LogP contribution in [0.4, 0.5) is 16.2 Å². The molecule has 0 spiro atoms. The second kappa shape index (κ2) is 8.91. The zero-order chi connectivity index (χ0) is 23.5. The third-order valence-electron chi connectivity index (χ3n) is 5.20. The molecule has 1 aromatic carbocycles. The van der Waals surface area contributed by atoms with Crippen molar-refractivity contribution in [2.75, 3.05) is 23.9 Å². The Morgan fingerprint density at radius 1 is 1.15 bits per heavy atom. The van der Waals surface area contributed by atoms with Crippen LogP contribution >= 0.6 is 0 Å². The minimum absolute atomic E-state index is 0.00641. The van der Waals surface area contributed by atoms with Crippen LogP contribution < -0.4 is 20.3 Å². The second-order valence-corrected chi connectivity index (χ2v) is 7.47. The summed E-state index contributed by atoms with van der Waals surface area (Å²) >= 11 is 0. The molecule has 10 heteroatoms. The molecular weight excluding hydrogens is 434 g/mol. The molecule has 0 aliphatic carbocycles. The molecule has 0 saturated heterocycles. The number of likely N-dealkylation sites (N-methyl/N-ethyl adjacent to an activating group) is 1. The molecule has 0 saturated carbocycles. The summed E-state index contributed by atoms with van der Waals surface area (Å²) in [5, 5.41) is 9.66. The number of nitrogens with one attached hydrogen (secondary N) is 2. The molecule has 3 amide bonds. The van der Waals surface area contributed by atoms with Crippen molar-refractivity contribution < 1.29 is 14.3 Å². The van der Waals surface area contributed by atoms with Crippen LogP contribution in [0.1, 0.15) is 11.3 Å². The maximum absolute atomic E-state index is 12.8. The number of amides is 3. The SMILES string of the molecule is CN1C(=O)[C@@H](NC(=O)Nc2cccc(C#Cc3cnc4cccnn34)c2)COc2ccncc21. The van der Waals surface area contributed by atoms with E-state index >= 15 is 0 Å². The van der Waals surface area contributed by atoms with Gasteiger partial charge in [-0.2, -0.15) is 5.10 Å². The van der Waals surface area contributed by atoms with Gasteiger partial charge in [0.2, 0.25) is 0 Å². The number of benzene rings is 1. The van der Waals surface area contributed by atoms with Crippen molar-refractivity contribution in [1.29, 1.82) is 0 Å². The van der Waals surface area contributed by atoms with E-state index in [0.717, 1.165) is 0 Å². The highest BCUT2D eigenvalue weighted by molar-refractivity contribution is 6.01. The van der Waals surface area contributed by atoms with Crippen molar-refractivity contribution in [2.45, 2.75) is 6.04 Å². The highest BCUT2D eigenvalue weighted by Crippen LogP contribution is 2.28. The summed E-state index contributed by atoms with van der Waals surface area (Å²) in [6.07, 6.45) is 6.45. The Bertz CT molecular complexity index is 1450. The molecule has 34 heavy (non-hydrogen) atoms. The average molecular weight is 453 g/mol. The molecule has 168 valence electrons. The Hall–Kier alpha value is -4.91. The molecule has 0 unspecified atom stereocenters. The summed E-state index contributed by atoms with van der Waals surface area (Å²) in [5.74, 6) is 6.33. The normalized spacial score (nSPS) is 14.9. The lowest BCUT2D eigenvalue weighted by Crippen LogP contribution is -2.50. The fourth-order valence-corrected chi connectivity index (χ4v) is 3.50. The number of rotatable bonds is 2. The molecule has 0 radical (unpaired) electrons. The highest BCUT2D eigenvalue weighted by Gasteiger charge is 2.30. The van der Waals surface area contributed by atoms with Gasteiger partial charge in [0, 0.05) is 36.8 Å². The van der Waals surface area contributed by atoms with E-state index in [4.69, 9.17) is 4.74 Å². The van der Waals surface area contributed by atoms with Crippen LogP contribution in [0.2, 0.25) is 0 Å². The molecule has 1 atom stereocenters. The third-order valence-corrected chi connectivity index (χ3v) is 5.20. The highest BCUT2D eigenvalue weighted by atomic mass is 16.5. The number of ether oxygens (including phenoxy) is 1. The van der Waals surface area contributed by atoms with Crippen molar-refractivity contribution in [2.24, 2.45) is 0 Å². The molecule has 4 aromatic rings. The van der Waals surface area contributed by atoms with Gasteiger partial charge >= 0.3 is 6.03 Å². The molecule has 1 aliphatic rings. The average Bonchev–Trinajstić information content (AvgIpc) is 3.23. The third kappa shape index (κ3) is 4.22. The van der Waals surface area contributed by atoms with Crippen molar-refractivity contribution in [3.05, 3.63) is 78.5 Å². The number of carbonyl (C=O) groups is 2. The van der Waals surface area contributed by atoms with Crippen LogP contribution in [0.15, 0.2) is 67.3 Å². The fraction of sp³-hybridized carbons (Fsp3) is 0.125. The summed E-state index contributed by atoms with van der Waals surface area (Å²) in [6.45, 7) is 0.00641. The molecule has 5 rings (SSSR count). The van der Waals surface area contributed by atoms with Gasteiger partial charge in [-0.25, -0.2) is 14.3 Å². The quantitative estimate of drug-likeness (QED) is 0.449. The first-order valence-corrected chi connectivity index (χ1v) is 10.4. The largest absolute Gasteiger partial charge is 0.489 e. The molecule has 0 bridgehead atoms. The van der Waals surface area contributed by atoms with Crippen molar-refractivity contribution in [3.63, 3.8) is 0 Å². The summed E-state index contributed by atoms with van der Waals surface area (Å²) in [5.41, 5.74) is 3.13. The van der Waals surface area contributed by atoms with Crippen LogP contribution in [0.25, 0.3) is 5.65 Å². The van der Waals surface area contributed by atoms with Crippen molar-refractivity contribution >= 4 is 29.0 Å². The molecule has 0 fully saturated rings.